The lowest BCUT2D eigenvalue weighted by molar-refractivity contribution is -0.343. The summed E-state index contributed by atoms with van der Waals surface area (Å²) in [4.78, 5) is 83.5. The normalized spacial score (nSPS) is 32.9. The van der Waals surface area contributed by atoms with E-state index in [9.17, 15) is 44.1 Å². The Morgan fingerprint density at radius 3 is 2.14 bits per heavy atom. The standard InChI is InChI=1S/C43H49NO13/c1-8-22(2)37(50)44-31(25-15-11-9-12-16-25)33(48)39(52)55-27-20-43(53)36(56-38(51)26-17-13-10-14-18-26)34-41(7,35(49)32(47)30(23(27)3)40(43,5)6)28(46)19-29-42(34,21-54-29)57-24(4)45/h8-18,27-29,31,33-34,36,46,48,53H,19-21H2,1-7H3,(H,44,50)/b22-8+/t27-,28-,29+,31-,33+,34-,36-,41+,42-,43+/m0/s1. The van der Waals surface area contributed by atoms with Crippen LogP contribution >= 0.6 is 0 Å². The highest BCUT2D eigenvalue weighted by molar-refractivity contribution is 6.46. The number of esters is 3. The Balaban J connectivity index is 1.51. The molecule has 14 nitrogen and oxygen atoms in total. The first-order valence-corrected chi connectivity index (χ1v) is 18.9. The van der Waals surface area contributed by atoms with E-state index in [0.29, 0.717) is 11.1 Å². The summed E-state index contributed by atoms with van der Waals surface area (Å²) in [5.41, 5.74) is -7.38. The minimum atomic E-state index is -2.40. The minimum absolute atomic E-state index is 0.0698. The number of hydrogen-bond acceptors (Lipinski definition) is 13. The SMILES string of the molecule is C/C=C(\C)C(=O)N[C@@H](c1ccccc1)[C@@H](O)C(=O)O[C@H]1C[C@@]2(O)[C@@H](OC(=O)c3ccccc3)[C@@H]3[C@]4(OC(C)=O)CO[C@@H]4C[C@H](O)[C@@]3(C)C(=O)C(=O)C(=C1C)C2(C)C. The fourth-order valence-corrected chi connectivity index (χ4v) is 9.30. The van der Waals surface area contributed by atoms with Crippen molar-refractivity contribution in [2.24, 2.45) is 16.7 Å². The molecule has 2 aromatic carbocycles. The van der Waals surface area contributed by atoms with Gasteiger partial charge in [-0.2, -0.15) is 0 Å². The number of aliphatic hydroxyl groups excluding tert-OH is 2. The van der Waals surface area contributed by atoms with Gasteiger partial charge in [0.15, 0.2) is 11.7 Å². The Morgan fingerprint density at radius 1 is 0.965 bits per heavy atom. The Kier molecular flexibility index (Phi) is 11.0. The van der Waals surface area contributed by atoms with Gasteiger partial charge in [-0.3, -0.25) is 19.2 Å². The van der Waals surface area contributed by atoms with Gasteiger partial charge in [0.1, 0.15) is 23.9 Å². The number of allylic oxidation sites excluding steroid dienone is 1. The highest BCUT2D eigenvalue weighted by Crippen LogP contribution is 2.63. The van der Waals surface area contributed by atoms with E-state index in [1.54, 1.807) is 68.5 Å². The van der Waals surface area contributed by atoms with Crippen molar-refractivity contribution in [3.05, 3.63) is 94.6 Å². The third-order valence-corrected chi connectivity index (χ3v) is 12.8. The first kappa shape index (κ1) is 41.6. The summed E-state index contributed by atoms with van der Waals surface area (Å²) < 4.78 is 24.0. The number of amides is 1. The number of fused-ring (bicyclic) bond motifs is 5. The average molecular weight is 788 g/mol. The molecule has 6 rings (SSSR count). The van der Waals surface area contributed by atoms with Crippen LogP contribution in [0.5, 0.6) is 0 Å². The van der Waals surface area contributed by atoms with E-state index in [2.05, 4.69) is 5.32 Å². The van der Waals surface area contributed by atoms with Crippen LogP contribution in [0.2, 0.25) is 0 Å². The maximum atomic E-state index is 14.8. The van der Waals surface area contributed by atoms with Gasteiger partial charge in [0.2, 0.25) is 17.5 Å². The number of rotatable bonds is 9. The second-order valence-electron chi connectivity index (χ2n) is 16.2. The van der Waals surface area contributed by atoms with E-state index in [1.165, 1.54) is 39.8 Å². The summed E-state index contributed by atoms with van der Waals surface area (Å²) in [7, 11) is 0. The van der Waals surface area contributed by atoms with Crippen LogP contribution in [0.3, 0.4) is 0 Å². The summed E-state index contributed by atoms with van der Waals surface area (Å²) in [6.07, 6.45) is -7.14. The molecule has 1 aliphatic heterocycles. The average Bonchev–Trinajstić information content (AvgIpc) is 3.18. The molecule has 2 bridgehead atoms. The smallest absolute Gasteiger partial charge is 0.338 e. The summed E-state index contributed by atoms with van der Waals surface area (Å²) in [6, 6.07) is 14.8. The summed E-state index contributed by atoms with van der Waals surface area (Å²) in [5, 5.41) is 39.4. The molecule has 10 atom stereocenters. The van der Waals surface area contributed by atoms with E-state index in [4.69, 9.17) is 18.9 Å². The van der Waals surface area contributed by atoms with E-state index in [0.717, 1.165) is 6.92 Å². The maximum absolute atomic E-state index is 14.8. The van der Waals surface area contributed by atoms with Crippen molar-refractivity contribution in [2.45, 2.75) is 109 Å². The number of hydrogen-bond donors (Lipinski definition) is 4. The van der Waals surface area contributed by atoms with Crippen LogP contribution in [0.25, 0.3) is 0 Å². The second kappa shape index (κ2) is 15.1. The minimum Gasteiger partial charge on any atom is -0.456 e. The molecular weight excluding hydrogens is 738 g/mol. The molecular formula is C43H49NO13. The lowest BCUT2D eigenvalue weighted by atomic mass is 9.45. The van der Waals surface area contributed by atoms with Gasteiger partial charge in [-0.15, -0.1) is 0 Å². The van der Waals surface area contributed by atoms with Crippen LogP contribution < -0.4 is 5.32 Å². The highest BCUT2D eigenvalue weighted by atomic mass is 16.6. The van der Waals surface area contributed by atoms with E-state index in [1.807, 2.05) is 0 Å². The van der Waals surface area contributed by atoms with Crippen molar-refractivity contribution in [1.29, 1.82) is 0 Å². The number of ether oxygens (including phenoxy) is 4. The maximum Gasteiger partial charge on any atom is 0.338 e. The van der Waals surface area contributed by atoms with Crippen LogP contribution in [-0.2, 0) is 42.9 Å². The zero-order chi connectivity index (χ0) is 41.8. The van der Waals surface area contributed by atoms with Crippen LogP contribution in [0.4, 0.5) is 0 Å². The molecule has 304 valence electrons. The van der Waals surface area contributed by atoms with Crippen molar-refractivity contribution in [3.63, 3.8) is 0 Å². The molecule has 2 saturated carbocycles. The molecule has 3 aliphatic carbocycles. The Morgan fingerprint density at radius 2 is 1.58 bits per heavy atom. The van der Waals surface area contributed by atoms with Crippen molar-refractivity contribution >= 4 is 35.4 Å². The molecule has 0 aromatic heterocycles. The van der Waals surface area contributed by atoms with Crippen LogP contribution in [-0.4, -0.2) is 99.0 Å². The summed E-state index contributed by atoms with van der Waals surface area (Å²) in [5.74, 6) is -7.27. The van der Waals surface area contributed by atoms with Crippen molar-refractivity contribution in [1.82, 2.24) is 5.32 Å². The molecule has 0 unspecified atom stereocenters. The zero-order valence-corrected chi connectivity index (χ0v) is 32.9. The molecule has 1 heterocycles. The number of benzene rings is 2. The lowest BCUT2D eigenvalue weighted by Crippen LogP contribution is -2.81. The summed E-state index contributed by atoms with van der Waals surface area (Å²) in [6.45, 7) is 9.82. The molecule has 4 N–H and O–H groups in total. The Bertz CT molecular complexity index is 2040. The van der Waals surface area contributed by atoms with Gasteiger partial charge in [-0.1, -0.05) is 68.5 Å². The van der Waals surface area contributed by atoms with Gasteiger partial charge in [-0.05, 0) is 51.0 Å². The predicted octanol–water partition coefficient (Wildman–Crippen LogP) is 3.03. The van der Waals surface area contributed by atoms with Gasteiger partial charge in [-0.25, -0.2) is 9.59 Å². The van der Waals surface area contributed by atoms with Crippen molar-refractivity contribution < 1.29 is 63.0 Å². The van der Waals surface area contributed by atoms with Crippen LogP contribution in [0, 0.1) is 16.7 Å². The number of nitrogens with one attached hydrogen (secondary N) is 1. The van der Waals surface area contributed by atoms with E-state index in [-0.39, 0.29) is 29.7 Å². The third-order valence-electron chi connectivity index (χ3n) is 12.8. The molecule has 14 heteroatoms. The Labute approximate surface area is 330 Å². The third kappa shape index (κ3) is 6.61. The molecule has 3 fully saturated rings. The number of aliphatic hydroxyl groups is 3. The quantitative estimate of drug-likeness (QED) is 0.125. The fraction of sp³-hybridized carbons (Fsp3) is 0.488. The Hall–Kier alpha value is -5.02. The molecule has 1 amide bonds. The van der Waals surface area contributed by atoms with Gasteiger partial charge >= 0.3 is 17.9 Å². The molecule has 0 spiro atoms. The topological polar surface area (TPSA) is 212 Å². The molecule has 2 aromatic rings. The van der Waals surface area contributed by atoms with Crippen molar-refractivity contribution in [2.75, 3.05) is 6.61 Å². The van der Waals surface area contributed by atoms with Gasteiger partial charge in [0.05, 0.1) is 35.6 Å². The highest BCUT2D eigenvalue weighted by Gasteiger charge is 2.78. The number of carbonyl (C=O) groups is 6. The first-order valence-electron chi connectivity index (χ1n) is 18.9. The number of ketones is 2. The lowest BCUT2D eigenvalue weighted by Gasteiger charge is -2.66. The van der Waals surface area contributed by atoms with Crippen LogP contribution in [0.15, 0.2) is 83.5 Å². The van der Waals surface area contributed by atoms with Gasteiger partial charge in [0.25, 0.3) is 0 Å². The molecule has 1 saturated heterocycles. The summed E-state index contributed by atoms with van der Waals surface area (Å²) >= 11 is 0. The predicted molar refractivity (Wildman–Crippen MR) is 201 cm³/mol. The first-order chi connectivity index (χ1) is 26.8. The fourth-order valence-electron chi connectivity index (χ4n) is 9.30. The van der Waals surface area contributed by atoms with Crippen LogP contribution in [0.1, 0.15) is 83.3 Å². The molecule has 57 heavy (non-hydrogen) atoms. The van der Waals surface area contributed by atoms with E-state index >= 15 is 0 Å². The molecule has 4 aliphatic rings. The number of carbonyl (C=O) groups excluding carboxylic acids is 6. The molecule has 0 radical (unpaired) electrons. The monoisotopic (exact) mass is 787 g/mol. The van der Waals surface area contributed by atoms with Gasteiger partial charge < -0.3 is 39.6 Å². The largest absolute Gasteiger partial charge is 0.456 e. The number of Topliss-reactive ketones (excluding diaryl/α,β-unsaturated/α-hetero) is 2. The second-order valence-corrected chi connectivity index (χ2v) is 16.2. The van der Waals surface area contributed by atoms with E-state index < -0.39 is 106 Å². The van der Waals surface area contributed by atoms with Crippen molar-refractivity contribution in [3.8, 4) is 0 Å². The zero-order valence-electron chi connectivity index (χ0n) is 32.9. The van der Waals surface area contributed by atoms with Gasteiger partial charge in [0, 0.05) is 36.3 Å².